The van der Waals surface area contributed by atoms with Gasteiger partial charge in [-0.25, -0.2) is 9.18 Å². The van der Waals surface area contributed by atoms with E-state index in [2.05, 4.69) is 28.3 Å². The van der Waals surface area contributed by atoms with Gasteiger partial charge in [-0.15, -0.1) is 0 Å². The lowest BCUT2D eigenvalue weighted by molar-refractivity contribution is 0.124. The van der Waals surface area contributed by atoms with Crippen LogP contribution >= 0.6 is 0 Å². The van der Waals surface area contributed by atoms with E-state index in [1.54, 1.807) is 6.07 Å². The average Bonchev–Trinajstić information content (AvgIpc) is 3.31. The Kier molecular flexibility index (Phi) is 3.82. The third-order valence-electron chi connectivity index (χ3n) is 5.63. The molecule has 6 nitrogen and oxygen atoms in total. The van der Waals surface area contributed by atoms with Gasteiger partial charge in [-0.2, -0.15) is 5.10 Å². The van der Waals surface area contributed by atoms with Gasteiger partial charge in [-0.1, -0.05) is 6.07 Å². The SMILES string of the molecule is O=C(O)N1CCC(n2ncc3cc(-c4c[nH]c5cc(F)ccc45)ccc32)CC1. The second kappa shape index (κ2) is 6.37. The van der Waals surface area contributed by atoms with Crippen molar-refractivity contribution < 1.29 is 14.3 Å². The molecule has 0 spiro atoms. The largest absolute Gasteiger partial charge is 0.465 e. The molecule has 5 rings (SSSR count). The number of nitrogens with one attached hydrogen (secondary N) is 1. The molecule has 0 saturated carbocycles. The van der Waals surface area contributed by atoms with Crippen molar-refractivity contribution in [2.45, 2.75) is 18.9 Å². The number of amides is 1. The zero-order valence-corrected chi connectivity index (χ0v) is 15.1. The molecule has 2 aromatic carbocycles. The Bertz CT molecular complexity index is 1190. The van der Waals surface area contributed by atoms with Crippen molar-refractivity contribution in [3.63, 3.8) is 0 Å². The number of rotatable bonds is 2. The van der Waals surface area contributed by atoms with Crippen molar-refractivity contribution in [1.29, 1.82) is 0 Å². The van der Waals surface area contributed by atoms with Gasteiger partial charge in [0.05, 0.1) is 17.8 Å². The average molecular weight is 378 g/mol. The minimum atomic E-state index is -0.855. The Balaban J connectivity index is 1.47. The summed E-state index contributed by atoms with van der Waals surface area (Å²) in [5, 5.41) is 15.7. The Morgan fingerprint density at radius 2 is 2.00 bits per heavy atom. The first-order valence-corrected chi connectivity index (χ1v) is 9.32. The summed E-state index contributed by atoms with van der Waals surface area (Å²) in [6.45, 7) is 1.07. The Morgan fingerprint density at radius 1 is 1.18 bits per heavy atom. The third-order valence-corrected chi connectivity index (χ3v) is 5.63. The molecule has 28 heavy (non-hydrogen) atoms. The summed E-state index contributed by atoms with van der Waals surface area (Å²) < 4.78 is 15.5. The van der Waals surface area contributed by atoms with Crippen molar-refractivity contribution in [3.05, 3.63) is 54.6 Å². The van der Waals surface area contributed by atoms with E-state index in [4.69, 9.17) is 5.11 Å². The van der Waals surface area contributed by atoms with Crippen LogP contribution in [-0.4, -0.2) is 44.0 Å². The lowest BCUT2D eigenvalue weighted by Gasteiger charge is -2.30. The van der Waals surface area contributed by atoms with Crippen LogP contribution in [0.25, 0.3) is 32.9 Å². The number of piperidine rings is 1. The molecule has 1 fully saturated rings. The lowest BCUT2D eigenvalue weighted by Crippen LogP contribution is -2.38. The van der Waals surface area contributed by atoms with Crippen molar-refractivity contribution in [1.82, 2.24) is 19.7 Å². The molecule has 0 unspecified atom stereocenters. The van der Waals surface area contributed by atoms with Crippen LogP contribution in [0.4, 0.5) is 9.18 Å². The van der Waals surface area contributed by atoms with E-state index in [0.717, 1.165) is 45.8 Å². The van der Waals surface area contributed by atoms with Gasteiger partial charge in [-0.3, -0.25) is 4.68 Å². The zero-order chi connectivity index (χ0) is 19.3. The minimum absolute atomic E-state index is 0.204. The van der Waals surface area contributed by atoms with Crippen molar-refractivity contribution in [2.75, 3.05) is 13.1 Å². The zero-order valence-electron chi connectivity index (χ0n) is 15.1. The first kappa shape index (κ1) is 16.8. The fraction of sp³-hybridized carbons (Fsp3) is 0.238. The monoisotopic (exact) mass is 378 g/mol. The number of carbonyl (C=O) groups is 1. The van der Waals surface area contributed by atoms with Gasteiger partial charge < -0.3 is 15.0 Å². The van der Waals surface area contributed by atoms with Crippen LogP contribution in [0.15, 0.2) is 48.8 Å². The van der Waals surface area contributed by atoms with Gasteiger partial charge in [0, 0.05) is 41.1 Å². The maximum Gasteiger partial charge on any atom is 0.407 e. The highest BCUT2D eigenvalue weighted by Crippen LogP contribution is 2.33. The predicted octanol–water partition coefficient (Wildman–Crippen LogP) is 4.64. The van der Waals surface area contributed by atoms with Gasteiger partial charge in [0.1, 0.15) is 5.82 Å². The number of hydrogen-bond acceptors (Lipinski definition) is 2. The van der Waals surface area contributed by atoms with Crippen LogP contribution in [0, 0.1) is 5.82 Å². The molecule has 2 N–H and O–H groups in total. The molecule has 3 heterocycles. The highest BCUT2D eigenvalue weighted by Gasteiger charge is 2.24. The van der Waals surface area contributed by atoms with Crippen LogP contribution in [0.3, 0.4) is 0 Å². The molecular formula is C21H19FN4O2. The Labute approximate surface area is 160 Å². The second-order valence-corrected chi connectivity index (χ2v) is 7.26. The highest BCUT2D eigenvalue weighted by atomic mass is 19.1. The molecule has 0 aliphatic carbocycles. The summed E-state index contributed by atoms with van der Waals surface area (Å²) >= 11 is 0. The minimum Gasteiger partial charge on any atom is -0.465 e. The van der Waals surface area contributed by atoms with E-state index in [1.807, 2.05) is 17.1 Å². The molecule has 4 aromatic rings. The number of nitrogens with zero attached hydrogens (tertiary/aromatic N) is 3. The first-order chi connectivity index (χ1) is 13.6. The smallest absolute Gasteiger partial charge is 0.407 e. The fourth-order valence-corrected chi connectivity index (χ4v) is 4.15. The molecule has 142 valence electrons. The molecule has 1 aliphatic rings. The number of carboxylic acid groups (broad SMARTS) is 1. The quantitative estimate of drug-likeness (QED) is 0.534. The number of hydrogen-bond donors (Lipinski definition) is 2. The normalized spacial score (nSPS) is 15.5. The molecule has 1 amide bonds. The number of halogens is 1. The van der Waals surface area contributed by atoms with Crippen LogP contribution < -0.4 is 0 Å². The summed E-state index contributed by atoms with van der Waals surface area (Å²) in [6, 6.07) is 11.2. The standard InChI is InChI=1S/C21H19FN4O2/c22-15-2-3-17-18(12-23-19(17)10-15)13-1-4-20-14(9-13)11-24-26(20)16-5-7-25(8-6-16)21(27)28/h1-4,9-12,16,23H,5-8H2,(H,27,28). The van der Waals surface area contributed by atoms with E-state index in [1.165, 1.54) is 17.0 Å². The number of likely N-dealkylation sites (tertiary alicyclic amines) is 1. The van der Waals surface area contributed by atoms with Crippen molar-refractivity contribution >= 4 is 27.9 Å². The number of aromatic nitrogens is 3. The van der Waals surface area contributed by atoms with E-state index in [9.17, 15) is 9.18 Å². The number of aromatic amines is 1. The molecule has 0 bridgehead atoms. The van der Waals surface area contributed by atoms with Crippen LogP contribution in [-0.2, 0) is 0 Å². The topological polar surface area (TPSA) is 74.2 Å². The van der Waals surface area contributed by atoms with Gasteiger partial charge >= 0.3 is 6.09 Å². The summed E-state index contributed by atoms with van der Waals surface area (Å²) in [7, 11) is 0. The Hall–Kier alpha value is -3.35. The van der Waals surface area contributed by atoms with Crippen LogP contribution in [0.1, 0.15) is 18.9 Å². The Morgan fingerprint density at radius 3 is 2.79 bits per heavy atom. The van der Waals surface area contributed by atoms with Crippen molar-refractivity contribution in [3.8, 4) is 11.1 Å². The lowest BCUT2D eigenvalue weighted by atomic mass is 10.0. The third kappa shape index (κ3) is 2.70. The van der Waals surface area contributed by atoms with Gasteiger partial charge in [0.2, 0.25) is 0 Å². The summed E-state index contributed by atoms with van der Waals surface area (Å²) in [5.74, 6) is -0.258. The maximum atomic E-state index is 13.4. The first-order valence-electron chi connectivity index (χ1n) is 9.32. The molecule has 2 aromatic heterocycles. The molecule has 1 aliphatic heterocycles. The molecule has 1 saturated heterocycles. The number of fused-ring (bicyclic) bond motifs is 2. The van der Waals surface area contributed by atoms with Gasteiger partial charge in [-0.05, 0) is 48.7 Å². The van der Waals surface area contributed by atoms with Crippen LogP contribution in [0.5, 0.6) is 0 Å². The van der Waals surface area contributed by atoms with E-state index in [0.29, 0.717) is 13.1 Å². The highest BCUT2D eigenvalue weighted by molar-refractivity contribution is 5.97. The van der Waals surface area contributed by atoms with Crippen LogP contribution in [0.2, 0.25) is 0 Å². The van der Waals surface area contributed by atoms with E-state index < -0.39 is 6.09 Å². The van der Waals surface area contributed by atoms with E-state index >= 15 is 0 Å². The van der Waals surface area contributed by atoms with Crippen molar-refractivity contribution in [2.24, 2.45) is 0 Å². The summed E-state index contributed by atoms with van der Waals surface area (Å²) in [6.07, 6.45) is 4.43. The predicted molar refractivity (Wildman–Crippen MR) is 105 cm³/mol. The summed E-state index contributed by atoms with van der Waals surface area (Å²) in [4.78, 5) is 15.7. The molecule has 0 radical (unpaired) electrons. The molecular weight excluding hydrogens is 359 g/mol. The van der Waals surface area contributed by atoms with E-state index in [-0.39, 0.29) is 11.9 Å². The maximum absolute atomic E-state index is 13.4. The van der Waals surface area contributed by atoms with Gasteiger partial charge in [0.15, 0.2) is 0 Å². The fourth-order valence-electron chi connectivity index (χ4n) is 4.15. The molecule has 0 atom stereocenters. The number of H-pyrrole nitrogens is 1. The van der Waals surface area contributed by atoms with Gasteiger partial charge in [0.25, 0.3) is 0 Å². The molecule has 7 heteroatoms. The summed E-state index contributed by atoms with van der Waals surface area (Å²) in [5.41, 5.74) is 3.89. The number of benzene rings is 2. The second-order valence-electron chi connectivity index (χ2n) is 7.26.